The summed E-state index contributed by atoms with van der Waals surface area (Å²) in [4.78, 5) is 45.9. The number of rotatable bonds is 10. The van der Waals surface area contributed by atoms with Crippen LogP contribution in [0.4, 0.5) is 0 Å². The first-order valence-electron chi connectivity index (χ1n) is 14.4. The fraction of sp³-hybridized carbons (Fsp3) is 0.394. The van der Waals surface area contributed by atoms with Crippen LogP contribution in [0.1, 0.15) is 65.3 Å². The molecule has 43 heavy (non-hydrogen) atoms. The maximum atomic E-state index is 13.6. The number of carbonyl (C=O) groups is 3. The minimum absolute atomic E-state index is 0.0812. The molecule has 2 heterocycles. The van der Waals surface area contributed by atoms with Gasteiger partial charge >= 0.3 is 5.97 Å². The van der Waals surface area contributed by atoms with Crippen molar-refractivity contribution in [3.63, 3.8) is 0 Å². The average molecular weight is 589 g/mol. The number of likely N-dealkylation sites (tertiary alicyclic amines) is 1. The molecule has 1 amide bonds. The summed E-state index contributed by atoms with van der Waals surface area (Å²) in [6.45, 7) is 0.674. The Hall–Kier alpha value is -4.60. The van der Waals surface area contributed by atoms with E-state index in [1.165, 1.54) is 38.4 Å². The highest BCUT2D eigenvalue weighted by atomic mass is 16.5. The lowest BCUT2D eigenvalue weighted by molar-refractivity contribution is -0.161. The fourth-order valence-corrected chi connectivity index (χ4v) is 5.70. The molecule has 0 bridgehead atoms. The number of ether oxygens (including phenoxy) is 5. The van der Waals surface area contributed by atoms with Crippen molar-refractivity contribution >= 4 is 17.7 Å². The molecule has 1 aliphatic heterocycles. The Kier molecular flexibility index (Phi) is 9.44. The molecule has 2 atom stereocenters. The van der Waals surface area contributed by atoms with E-state index in [2.05, 4.69) is 4.98 Å². The number of piperidine rings is 1. The molecule has 226 valence electrons. The van der Waals surface area contributed by atoms with Crippen molar-refractivity contribution in [3.05, 3.63) is 77.1 Å². The lowest BCUT2D eigenvalue weighted by atomic mass is 9.89. The van der Waals surface area contributed by atoms with E-state index in [0.29, 0.717) is 37.4 Å². The molecule has 1 saturated heterocycles. The molecule has 0 spiro atoms. The number of nitrogens with zero attached hydrogens (tertiary/aromatic N) is 2. The summed E-state index contributed by atoms with van der Waals surface area (Å²) in [5.74, 6) is -0.534. The van der Waals surface area contributed by atoms with Crippen LogP contribution in [0.3, 0.4) is 0 Å². The largest absolute Gasteiger partial charge is 0.493 e. The Morgan fingerprint density at radius 2 is 1.63 bits per heavy atom. The molecule has 3 aromatic rings. The van der Waals surface area contributed by atoms with Gasteiger partial charge in [-0.05, 0) is 91.6 Å². The van der Waals surface area contributed by atoms with Gasteiger partial charge < -0.3 is 28.6 Å². The summed E-state index contributed by atoms with van der Waals surface area (Å²) in [7, 11) is 4.32. The van der Waals surface area contributed by atoms with Crippen LogP contribution >= 0.6 is 0 Å². The highest BCUT2D eigenvalue weighted by Gasteiger charge is 2.38. The van der Waals surface area contributed by atoms with E-state index < -0.39 is 29.8 Å². The maximum Gasteiger partial charge on any atom is 0.329 e. The number of aryl methyl sites for hydroxylation is 1. The zero-order valence-corrected chi connectivity index (χ0v) is 24.7. The fourth-order valence-electron chi connectivity index (χ4n) is 5.70. The Morgan fingerprint density at radius 3 is 2.33 bits per heavy atom. The van der Waals surface area contributed by atoms with Crippen molar-refractivity contribution in [3.8, 4) is 23.0 Å². The van der Waals surface area contributed by atoms with Gasteiger partial charge in [0.15, 0.2) is 11.5 Å². The second-order valence-corrected chi connectivity index (χ2v) is 10.6. The molecule has 10 heteroatoms. The Bertz CT molecular complexity index is 1450. The van der Waals surface area contributed by atoms with Crippen LogP contribution in [0.2, 0.25) is 0 Å². The van der Waals surface area contributed by atoms with Crippen LogP contribution in [0.15, 0.2) is 54.9 Å². The van der Waals surface area contributed by atoms with E-state index in [1.807, 2.05) is 30.3 Å². The van der Waals surface area contributed by atoms with Crippen molar-refractivity contribution in [2.24, 2.45) is 0 Å². The Balaban J connectivity index is 1.31. The molecule has 0 unspecified atom stereocenters. The third kappa shape index (κ3) is 6.58. The van der Waals surface area contributed by atoms with Crippen LogP contribution in [0.25, 0.3) is 0 Å². The first-order chi connectivity index (χ1) is 20.9. The number of methoxy groups -OCH3 is 3. The molecule has 1 aliphatic carbocycles. The van der Waals surface area contributed by atoms with Gasteiger partial charge in [0.1, 0.15) is 24.5 Å². The van der Waals surface area contributed by atoms with Crippen LogP contribution in [-0.2, 0) is 27.4 Å². The topological polar surface area (TPSA) is 113 Å². The van der Waals surface area contributed by atoms with Crippen LogP contribution in [0, 0.1) is 0 Å². The minimum Gasteiger partial charge on any atom is -0.493 e. The number of esters is 1. The minimum atomic E-state index is -0.858. The summed E-state index contributed by atoms with van der Waals surface area (Å²) in [6, 6.07) is 11.7. The third-order valence-electron chi connectivity index (χ3n) is 7.95. The van der Waals surface area contributed by atoms with Gasteiger partial charge in [0.05, 0.1) is 21.3 Å². The van der Waals surface area contributed by atoms with Gasteiger partial charge in [-0.1, -0.05) is 6.07 Å². The summed E-state index contributed by atoms with van der Waals surface area (Å²) in [5.41, 5.74) is 3.10. The number of ketones is 1. The van der Waals surface area contributed by atoms with E-state index in [1.54, 1.807) is 12.4 Å². The molecular weight excluding hydrogens is 552 g/mol. The predicted octanol–water partition coefficient (Wildman–Crippen LogP) is 4.87. The normalized spacial score (nSPS) is 17.8. The summed E-state index contributed by atoms with van der Waals surface area (Å²) >= 11 is 0. The Morgan fingerprint density at radius 1 is 0.884 bits per heavy atom. The molecule has 2 aliphatic rings. The third-order valence-corrected chi connectivity index (χ3v) is 7.95. The summed E-state index contributed by atoms with van der Waals surface area (Å²) in [5, 5.41) is 0. The zero-order chi connectivity index (χ0) is 30.3. The van der Waals surface area contributed by atoms with Gasteiger partial charge in [0.2, 0.25) is 5.75 Å². The number of benzene rings is 2. The van der Waals surface area contributed by atoms with Gasteiger partial charge in [-0.3, -0.25) is 14.6 Å². The molecule has 0 N–H and O–H groups in total. The molecule has 5 rings (SSSR count). The second-order valence-electron chi connectivity index (χ2n) is 10.6. The number of fused-ring (bicyclic) bond motifs is 1. The van der Waals surface area contributed by atoms with Crippen molar-refractivity contribution in [2.45, 2.75) is 57.3 Å². The van der Waals surface area contributed by atoms with E-state index in [9.17, 15) is 14.4 Å². The molecule has 0 saturated carbocycles. The van der Waals surface area contributed by atoms with Gasteiger partial charge in [-0.15, -0.1) is 0 Å². The Labute approximate surface area is 250 Å². The first kappa shape index (κ1) is 29.9. The quantitative estimate of drug-likeness (QED) is 0.186. The van der Waals surface area contributed by atoms with Gasteiger partial charge in [0.25, 0.3) is 11.7 Å². The number of hydrogen-bond acceptors (Lipinski definition) is 9. The number of Topliss-reactive ketones (excluding diaryl/α,β-unsaturated/α-hetero) is 1. The van der Waals surface area contributed by atoms with Gasteiger partial charge in [-0.25, -0.2) is 4.79 Å². The molecule has 1 aromatic heterocycles. The standard InChI is InChI=1S/C33H36N2O8/c1-39-28-17-23(18-29(40-2)31(28)41-3)30(36)32(37)35-16-5-4-8-26(35)33(38)43-27-9-6-7-22-10-11-24(19-25(22)27)42-20-21-12-14-34-15-13-21/h10-15,17-19,26-27H,4-9,16,20H2,1-3H3/t26-,27-/m0/s1. The second kappa shape index (κ2) is 13.6. The first-order valence-corrected chi connectivity index (χ1v) is 14.4. The van der Waals surface area contributed by atoms with E-state index in [-0.39, 0.29) is 23.6 Å². The highest BCUT2D eigenvalue weighted by molar-refractivity contribution is 6.43. The van der Waals surface area contributed by atoms with Gasteiger partial charge in [0, 0.05) is 24.5 Å². The van der Waals surface area contributed by atoms with E-state index >= 15 is 0 Å². The van der Waals surface area contributed by atoms with E-state index in [4.69, 9.17) is 23.7 Å². The monoisotopic (exact) mass is 588 g/mol. The predicted molar refractivity (Wildman–Crippen MR) is 157 cm³/mol. The molecule has 0 radical (unpaired) electrons. The maximum absolute atomic E-state index is 13.6. The number of carbonyl (C=O) groups excluding carboxylic acids is 3. The lowest BCUT2D eigenvalue weighted by Crippen LogP contribution is -2.51. The number of amides is 1. The molecule has 1 fully saturated rings. The number of hydrogen-bond donors (Lipinski definition) is 0. The van der Waals surface area contributed by atoms with Crippen LogP contribution in [0.5, 0.6) is 23.0 Å². The number of pyridine rings is 1. The van der Waals surface area contributed by atoms with Crippen molar-refractivity contribution < 1.29 is 38.1 Å². The van der Waals surface area contributed by atoms with Crippen LogP contribution < -0.4 is 18.9 Å². The lowest BCUT2D eigenvalue weighted by Gasteiger charge is -2.35. The molecular formula is C33H36N2O8. The van der Waals surface area contributed by atoms with Crippen molar-refractivity contribution in [1.29, 1.82) is 0 Å². The van der Waals surface area contributed by atoms with Crippen molar-refractivity contribution in [1.82, 2.24) is 9.88 Å². The average Bonchev–Trinajstić information content (AvgIpc) is 3.06. The van der Waals surface area contributed by atoms with Crippen LogP contribution in [-0.4, -0.2) is 61.5 Å². The number of aromatic nitrogens is 1. The van der Waals surface area contributed by atoms with Crippen molar-refractivity contribution in [2.75, 3.05) is 27.9 Å². The molecule has 10 nitrogen and oxygen atoms in total. The smallest absolute Gasteiger partial charge is 0.329 e. The zero-order valence-electron chi connectivity index (χ0n) is 24.7. The molecule has 2 aromatic carbocycles. The SMILES string of the molecule is COc1cc(C(=O)C(=O)N2CCCC[C@H]2C(=O)O[C@H]2CCCc3ccc(OCc4ccncc4)cc32)cc(OC)c1OC. The highest BCUT2D eigenvalue weighted by Crippen LogP contribution is 2.39. The van der Waals surface area contributed by atoms with E-state index in [0.717, 1.165) is 36.0 Å². The van der Waals surface area contributed by atoms with Gasteiger partial charge in [-0.2, -0.15) is 0 Å². The summed E-state index contributed by atoms with van der Waals surface area (Å²) in [6.07, 6.45) is 7.24. The summed E-state index contributed by atoms with van der Waals surface area (Å²) < 4.78 is 28.1.